The van der Waals surface area contributed by atoms with Crippen molar-refractivity contribution in [1.29, 1.82) is 0 Å². The fraction of sp³-hybridized carbons (Fsp3) is 0.261. The summed E-state index contributed by atoms with van der Waals surface area (Å²) < 4.78 is 4.46. The van der Waals surface area contributed by atoms with Crippen molar-refractivity contribution in [2.24, 2.45) is 12.1 Å². The Labute approximate surface area is 177 Å². The van der Waals surface area contributed by atoms with Crippen LogP contribution in [0.1, 0.15) is 36.8 Å². The van der Waals surface area contributed by atoms with Gasteiger partial charge in [-0.15, -0.1) is 0 Å². The van der Waals surface area contributed by atoms with E-state index >= 15 is 0 Å². The van der Waals surface area contributed by atoms with Gasteiger partial charge in [-0.25, -0.2) is 4.98 Å². The van der Waals surface area contributed by atoms with Crippen molar-refractivity contribution in [1.82, 2.24) is 14.2 Å². The molecule has 0 amide bonds. The van der Waals surface area contributed by atoms with Crippen molar-refractivity contribution in [2.75, 3.05) is 0 Å². The number of benzene rings is 2. The predicted octanol–water partition coefficient (Wildman–Crippen LogP) is 5.18. The Morgan fingerprint density at radius 1 is 1.17 bits per heavy atom. The zero-order valence-corrected chi connectivity index (χ0v) is 18.4. The fourth-order valence-electron chi connectivity index (χ4n) is 3.64. The SMILES string of the molecule is CCCCc1nc2ccc(Br)cc2c(=O)n1N=Cc1c(C)n(C)c2ccccc12. The average molecular weight is 451 g/mol. The third kappa shape index (κ3) is 3.53. The first-order chi connectivity index (χ1) is 14.0. The average Bonchev–Trinajstić information content (AvgIpc) is 2.97. The standard InChI is InChI=1S/C23H23BrN4O/c1-4-5-10-22-26-20-12-11-16(24)13-18(20)23(29)28(22)25-14-19-15(2)27(3)21-9-7-6-8-17(19)21/h6-9,11-14H,4-5,10H2,1-3H3. The highest BCUT2D eigenvalue weighted by Crippen LogP contribution is 2.23. The molecule has 0 saturated heterocycles. The number of rotatable bonds is 5. The van der Waals surface area contributed by atoms with E-state index in [0.717, 1.165) is 39.5 Å². The van der Waals surface area contributed by atoms with Crippen LogP contribution in [-0.2, 0) is 13.5 Å². The zero-order chi connectivity index (χ0) is 20.5. The molecule has 5 nitrogen and oxygen atoms in total. The second-order valence-electron chi connectivity index (χ2n) is 7.23. The highest BCUT2D eigenvalue weighted by Gasteiger charge is 2.13. The van der Waals surface area contributed by atoms with Gasteiger partial charge in [0.2, 0.25) is 0 Å². The fourth-order valence-corrected chi connectivity index (χ4v) is 4.00. The van der Waals surface area contributed by atoms with Crippen LogP contribution < -0.4 is 5.56 Å². The number of aryl methyl sites for hydroxylation is 2. The molecule has 0 fully saturated rings. The van der Waals surface area contributed by atoms with Crippen LogP contribution in [0.15, 0.2) is 56.8 Å². The maximum Gasteiger partial charge on any atom is 0.282 e. The Balaban J connectivity index is 1.90. The van der Waals surface area contributed by atoms with Crippen molar-refractivity contribution in [2.45, 2.75) is 33.1 Å². The third-order valence-corrected chi connectivity index (χ3v) is 5.87. The molecule has 0 radical (unpaired) electrons. The van der Waals surface area contributed by atoms with Crippen LogP contribution >= 0.6 is 15.9 Å². The van der Waals surface area contributed by atoms with E-state index in [0.29, 0.717) is 23.1 Å². The molecule has 2 heterocycles. The van der Waals surface area contributed by atoms with Gasteiger partial charge in [0.05, 0.1) is 17.1 Å². The number of hydrogen-bond donors (Lipinski definition) is 0. The molecular weight excluding hydrogens is 428 g/mol. The summed E-state index contributed by atoms with van der Waals surface area (Å²) in [5.74, 6) is 0.695. The lowest BCUT2D eigenvalue weighted by atomic mass is 10.1. The largest absolute Gasteiger partial charge is 0.347 e. The summed E-state index contributed by atoms with van der Waals surface area (Å²) in [5, 5.41) is 6.30. The summed E-state index contributed by atoms with van der Waals surface area (Å²) in [6, 6.07) is 13.8. The lowest BCUT2D eigenvalue weighted by Gasteiger charge is -2.09. The Kier molecular flexibility index (Phi) is 5.37. The smallest absolute Gasteiger partial charge is 0.282 e. The summed E-state index contributed by atoms with van der Waals surface area (Å²) in [4.78, 5) is 18.0. The van der Waals surface area contributed by atoms with Crippen LogP contribution in [0.4, 0.5) is 0 Å². The maximum atomic E-state index is 13.2. The van der Waals surface area contributed by atoms with Crippen molar-refractivity contribution in [3.63, 3.8) is 0 Å². The summed E-state index contributed by atoms with van der Waals surface area (Å²) >= 11 is 3.45. The molecule has 148 valence electrons. The summed E-state index contributed by atoms with van der Waals surface area (Å²) in [6.07, 6.45) is 4.49. The van der Waals surface area contributed by atoms with Crippen LogP contribution in [0, 0.1) is 6.92 Å². The highest BCUT2D eigenvalue weighted by molar-refractivity contribution is 9.10. The molecule has 4 aromatic rings. The molecule has 0 bridgehead atoms. The van der Waals surface area contributed by atoms with Gasteiger partial charge in [-0.3, -0.25) is 4.79 Å². The molecular formula is C23H23BrN4O. The van der Waals surface area contributed by atoms with E-state index in [9.17, 15) is 4.79 Å². The van der Waals surface area contributed by atoms with E-state index in [4.69, 9.17) is 4.98 Å². The van der Waals surface area contributed by atoms with Gasteiger partial charge < -0.3 is 4.57 Å². The van der Waals surface area contributed by atoms with Crippen molar-refractivity contribution >= 4 is 44.0 Å². The van der Waals surface area contributed by atoms with Crippen LogP contribution in [-0.4, -0.2) is 20.4 Å². The van der Waals surface area contributed by atoms with Crippen molar-refractivity contribution in [3.8, 4) is 0 Å². The van der Waals surface area contributed by atoms with E-state index in [1.54, 1.807) is 6.21 Å². The molecule has 0 aliphatic carbocycles. The molecule has 4 rings (SSSR count). The minimum atomic E-state index is -0.142. The molecule has 0 atom stereocenters. The topological polar surface area (TPSA) is 52.2 Å². The summed E-state index contributed by atoms with van der Waals surface area (Å²) in [5.41, 5.74) is 3.83. The molecule has 2 aromatic heterocycles. The molecule has 29 heavy (non-hydrogen) atoms. The minimum Gasteiger partial charge on any atom is -0.347 e. The Morgan fingerprint density at radius 2 is 1.97 bits per heavy atom. The second-order valence-corrected chi connectivity index (χ2v) is 8.15. The van der Waals surface area contributed by atoms with Crippen LogP contribution in [0.2, 0.25) is 0 Å². The van der Waals surface area contributed by atoms with Gasteiger partial charge in [0.25, 0.3) is 5.56 Å². The molecule has 0 spiro atoms. The van der Waals surface area contributed by atoms with E-state index in [1.807, 2.05) is 37.4 Å². The lowest BCUT2D eigenvalue weighted by molar-refractivity contribution is 0.675. The van der Waals surface area contributed by atoms with Gasteiger partial charge in [0.15, 0.2) is 0 Å². The predicted molar refractivity (Wildman–Crippen MR) is 123 cm³/mol. The van der Waals surface area contributed by atoms with E-state index in [1.165, 1.54) is 4.68 Å². The molecule has 0 aliphatic rings. The number of nitrogens with zero attached hydrogens (tertiary/aromatic N) is 4. The first-order valence-corrected chi connectivity index (χ1v) is 10.6. The molecule has 2 aromatic carbocycles. The zero-order valence-electron chi connectivity index (χ0n) is 16.8. The number of para-hydroxylation sites is 1. The quantitative estimate of drug-likeness (QED) is 0.393. The Hall–Kier alpha value is -2.73. The van der Waals surface area contributed by atoms with Gasteiger partial charge in [-0.1, -0.05) is 47.5 Å². The van der Waals surface area contributed by atoms with E-state index in [-0.39, 0.29) is 5.56 Å². The summed E-state index contributed by atoms with van der Waals surface area (Å²) in [6.45, 7) is 4.20. The molecule has 0 N–H and O–H groups in total. The molecule has 6 heteroatoms. The minimum absolute atomic E-state index is 0.142. The molecule has 0 aliphatic heterocycles. The lowest BCUT2D eigenvalue weighted by Crippen LogP contribution is -2.22. The highest BCUT2D eigenvalue weighted by atomic mass is 79.9. The summed E-state index contributed by atoms with van der Waals surface area (Å²) in [7, 11) is 2.04. The number of hydrogen-bond acceptors (Lipinski definition) is 3. The van der Waals surface area contributed by atoms with Gasteiger partial charge in [0.1, 0.15) is 5.82 Å². The third-order valence-electron chi connectivity index (χ3n) is 5.38. The van der Waals surface area contributed by atoms with Crippen LogP contribution in [0.25, 0.3) is 21.8 Å². The van der Waals surface area contributed by atoms with E-state index < -0.39 is 0 Å². The van der Waals surface area contributed by atoms with E-state index in [2.05, 4.69) is 51.6 Å². The first kappa shape index (κ1) is 19.6. The molecule has 0 unspecified atom stereocenters. The van der Waals surface area contributed by atoms with Crippen LogP contribution in [0.3, 0.4) is 0 Å². The second kappa shape index (κ2) is 7.95. The van der Waals surface area contributed by atoms with Gasteiger partial charge in [0, 0.05) is 40.1 Å². The Morgan fingerprint density at radius 3 is 2.76 bits per heavy atom. The maximum absolute atomic E-state index is 13.2. The number of fused-ring (bicyclic) bond motifs is 2. The Bertz CT molecular complexity index is 1300. The van der Waals surface area contributed by atoms with Crippen molar-refractivity contribution in [3.05, 3.63) is 74.4 Å². The normalized spacial score (nSPS) is 11.9. The number of halogens is 1. The number of unbranched alkanes of at least 4 members (excludes halogenated alkanes) is 1. The monoisotopic (exact) mass is 450 g/mol. The van der Waals surface area contributed by atoms with Gasteiger partial charge in [-0.05, 0) is 37.6 Å². The first-order valence-electron chi connectivity index (χ1n) is 9.80. The van der Waals surface area contributed by atoms with Gasteiger partial charge >= 0.3 is 0 Å². The van der Waals surface area contributed by atoms with Gasteiger partial charge in [-0.2, -0.15) is 9.78 Å². The number of aromatic nitrogens is 3. The van der Waals surface area contributed by atoms with Crippen LogP contribution in [0.5, 0.6) is 0 Å². The van der Waals surface area contributed by atoms with Crippen molar-refractivity contribution < 1.29 is 0 Å². The molecule has 0 saturated carbocycles.